The minimum Gasteiger partial charge on any atom is -0.214 e. The van der Waals surface area contributed by atoms with E-state index in [2.05, 4.69) is 20.9 Å². The lowest BCUT2D eigenvalue weighted by Gasteiger charge is -2.06. The number of aromatic nitrogens is 1. The first-order chi connectivity index (χ1) is 5.82. The summed E-state index contributed by atoms with van der Waals surface area (Å²) in [5.74, 6) is -2.85. The van der Waals surface area contributed by atoms with E-state index >= 15 is 0 Å². The highest BCUT2D eigenvalue weighted by atomic mass is 79.9. The predicted octanol–water partition coefficient (Wildman–Crippen LogP) is 3.14. The van der Waals surface area contributed by atoms with Gasteiger partial charge in [-0.3, -0.25) is 0 Å². The molecule has 7 heteroatoms. The molecular weight excluding hydrogens is 261 g/mol. The quantitative estimate of drug-likeness (QED) is 0.517. The van der Waals surface area contributed by atoms with E-state index in [0.717, 1.165) is 0 Å². The van der Waals surface area contributed by atoms with E-state index in [9.17, 15) is 22.0 Å². The summed E-state index contributed by atoms with van der Waals surface area (Å²) in [7, 11) is 0. The van der Waals surface area contributed by atoms with Crippen LogP contribution in [-0.4, -0.2) is 4.98 Å². The van der Waals surface area contributed by atoms with Crippen LogP contribution in [0, 0.1) is 11.8 Å². The lowest BCUT2D eigenvalue weighted by Crippen LogP contribution is -2.10. The maximum absolute atomic E-state index is 12.5. The lowest BCUT2D eigenvalue weighted by molar-refractivity contribution is -0.141. The number of pyridine rings is 1. The van der Waals surface area contributed by atoms with Crippen LogP contribution in [0.5, 0.6) is 0 Å². The Morgan fingerprint density at radius 3 is 2.15 bits per heavy atom. The first-order valence-electron chi connectivity index (χ1n) is 2.91. The largest absolute Gasteiger partial charge is 0.433 e. The average Bonchev–Trinajstić information content (AvgIpc) is 1.97. The van der Waals surface area contributed by atoms with Crippen molar-refractivity contribution in [3.63, 3.8) is 0 Å². The van der Waals surface area contributed by atoms with Gasteiger partial charge in [-0.05, 0) is 15.9 Å². The molecule has 0 bridgehead atoms. The Morgan fingerprint density at radius 1 is 1.23 bits per heavy atom. The number of hydrogen-bond acceptors (Lipinski definition) is 1. The van der Waals surface area contributed by atoms with Crippen molar-refractivity contribution >= 4 is 15.9 Å². The second kappa shape index (κ2) is 3.21. The third-order valence-electron chi connectivity index (χ3n) is 1.16. The van der Waals surface area contributed by atoms with E-state index < -0.39 is 28.1 Å². The van der Waals surface area contributed by atoms with E-state index in [0.29, 0.717) is 0 Å². The van der Waals surface area contributed by atoms with E-state index in [1.807, 2.05) is 0 Å². The molecule has 0 saturated heterocycles. The predicted molar refractivity (Wildman–Crippen MR) is 36.9 cm³/mol. The standard InChI is InChI=1S/C6HBrF5N/c7-4-2(8)1-3(6(10,11)12)13-5(4)9/h1H. The summed E-state index contributed by atoms with van der Waals surface area (Å²) in [6, 6.07) is 0.118. The summed E-state index contributed by atoms with van der Waals surface area (Å²) in [6.07, 6.45) is -4.84. The number of alkyl halides is 3. The van der Waals surface area contributed by atoms with Crippen LogP contribution in [0.2, 0.25) is 0 Å². The van der Waals surface area contributed by atoms with E-state index in [4.69, 9.17) is 0 Å². The van der Waals surface area contributed by atoms with E-state index in [1.54, 1.807) is 0 Å². The maximum atomic E-state index is 12.5. The SMILES string of the molecule is Fc1cc(C(F)(F)F)nc(F)c1Br. The average molecular weight is 262 g/mol. The fraction of sp³-hybridized carbons (Fsp3) is 0.167. The minimum atomic E-state index is -4.84. The summed E-state index contributed by atoms with van der Waals surface area (Å²) in [6.45, 7) is 0. The van der Waals surface area contributed by atoms with Gasteiger partial charge in [0.05, 0.1) is 0 Å². The molecule has 0 aliphatic heterocycles. The number of hydrogen-bond donors (Lipinski definition) is 0. The van der Waals surface area contributed by atoms with Gasteiger partial charge in [-0.2, -0.15) is 17.6 Å². The smallest absolute Gasteiger partial charge is 0.214 e. The van der Waals surface area contributed by atoms with Crippen LogP contribution >= 0.6 is 15.9 Å². The molecule has 1 aromatic rings. The Labute approximate surface area is 77.7 Å². The third kappa shape index (κ3) is 2.15. The van der Waals surface area contributed by atoms with Gasteiger partial charge >= 0.3 is 6.18 Å². The molecule has 0 fully saturated rings. The van der Waals surface area contributed by atoms with Gasteiger partial charge < -0.3 is 0 Å². The monoisotopic (exact) mass is 261 g/mol. The van der Waals surface area contributed by atoms with Crippen LogP contribution in [0.25, 0.3) is 0 Å². The second-order valence-corrected chi connectivity index (χ2v) is 2.88. The number of halogens is 6. The van der Waals surface area contributed by atoms with Crippen molar-refractivity contribution in [2.45, 2.75) is 6.18 Å². The molecule has 0 N–H and O–H groups in total. The fourth-order valence-electron chi connectivity index (χ4n) is 0.614. The second-order valence-electron chi connectivity index (χ2n) is 2.09. The minimum absolute atomic E-state index is 0.118. The molecular formula is C6HBrF5N. The molecule has 1 heterocycles. The van der Waals surface area contributed by atoms with Crippen LogP contribution < -0.4 is 0 Å². The summed E-state index contributed by atoms with van der Waals surface area (Å²) >= 11 is 2.40. The molecule has 0 atom stereocenters. The molecule has 0 saturated carbocycles. The lowest BCUT2D eigenvalue weighted by atomic mass is 10.3. The third-order valence-corrected chi connectivity index (χ3v) is 1.87. The van der Waals surface area contributed by atoms with Gasteiger partial charge in [0.1, 0.15) is 10.3 Å². The molecule has 0 aromatic carbocycles. The van der Waals surface area contributed by atoms with E-state index in [1.165, 1.54) is 0 Å². The molecule has 0 aliphatic carbocycles. The van der Waals surface area contributed by atoms with Crippen molar-refractivity contribution in [1.82, 2.24) is 4.98 Å². The Balaban J connectivity index is 3.29. The van der Waals surface area contributed by atoms with Crippen LogP contribution in [0.3, 0.4) is 0 Å². The molecule has 0 amide bonds. The first kappa shape index (κ1) is 10.4. The normalized spacial score (nSPS) is 11.8. The summed E-state index contributed by atoms with van der Waals surface area (Å²) in [5, 5.41) is 0. The van der Waals surface area contributed by atoms with Gasteiger partial charge in [0.25, 0.3) is 0 Å². The van der Waals surface area contributed by atoms with Gasteiger partial charge in [-0.15, -0.1) is 0 Å². The Morgan fingerprint density at radius 2 is 1.77 bits per heavy atom. The first-order valence-corrected chi connectivity index (χ1v) is 3.70. The highest BCUT2D eigenvalue weighted by Crippen LogP contribution is 2.30. The molecule has 0 unspecified atom stereocenters. The molecule has 0 aliphatic rings. The zero-order valence-corrected chi connectivity index (χ0v) is 7.38. The van der Waals surface area contributed by atoms with Crippen LogP contribution in [0.1, 0.15) is 5.69 Å². The Hall–Kier alpha value is -0.720. The zero-order valence-electron chi connectivity index (χ0n) is 5.79. The molecule has 72 valence electrons. The topological polar surface area (TPSA) is 12.9 Å². The Kier molecular flexibility index (Phi) is 2.56. The van der Waals surface area contributed by atoms with Crippen LogP contribution in [-0.2, 0) is 6.18 Å². The molecule has 0 radical (unpaired) electrons. The van der Waals surface area contributed by atoms with E-state index in [-0.39, 0.29) is 6.07 Å². The van der Waals surface area contributed by atoms with Gasteiger partial charge in [-0.1, -0.05) is 0 Å². The summed E-state index contributed by atoms with van der Waals surface area (Å²) in [5.41, 5.74) is -1.59. The van der Waals surface area contributed by atoms with Gasteiger partial charge in [0.15, 0.2) is 5.69 Å². The zero-order chi connectivity index (χ0) is 10.2. The number of nitrogens with zero attached hydrogens (tertiary/aromatic N) is 1. The maximum Gasteiger partial charge on any atom is 0.433 e. The van der Waals surface area contributed by atoms with Crippen molar-refractivity contribution in [3.8, 4) is 0 Å². The highest BCUT2D eigenvalue weighted by molar-refractivity contribution is 9.10. The van der Waals surface area contributed by atoms with Crippen LogP contribution in [0.15, 0.2) is 10.5 Å². The van der Waals surface area contributed by atoms with Crippen molar-refractivity contribution in [2.24, 2.45) is 0 Å². The van der Waals surface area contributed by atoms with Crippen LogP contribution in [0.4, 0.5) is 22.0 Å². The molecule has 0 spiro atoms. The van der Waals surface area contributed by atoms with Crippen molar-refractivity contribution < 1.29 is 22.0 Å². The number of rotatable bonds is 0. The molecule has 1 rings (SSSR count). The van der Waals surface area contributed by atoms with Crippen molar-refractivity contribution in [2.75, 3.05) is 0 Å². The van der Waals surface area contributed by atoms with Crippen molar-refractivity contribution in [3.05, 3.63) is 28.0 Å². The fourth-order valence-corrected chi connectivity index (χ4v) is 0.817. The molecule has 13 heavy (non-hydrogen) atoms. The molecule has 1 aromatic heterocycles. The van der Waals surface area contributed by atoms with Gasteiger partial charge in [0, 0.05) is 6.07 Å². The van der Waals surface area contributed by atoms with Crippen molar-refractivity contribution in [1.29, 1.82) is 0 Å². The summed E-state index contributed by atoms with van der Waals surface area (Å²) in [4.78, 5) is 2.53. The van der Waals surface area contributed by atoms with Gasteiger partial charge in [0.2, 0.25) is 5.95 Å². The molecule has 1 nitrogen and oxygen atoms in total. The van der Waals surface area contributed by atoms with Gasteiger partial charge in [-0.25, -0.2) is 9.37 Å². The Bertz CT molecular complexity index is 311. The highest BCUT2D eigenvalue weighted by Gasteiger charge is 2.34. The summed E-state index contributed by atoms with van der Waals surface area (Å²) < 4.78 is 59.9.